The van der Waals surface area contributed by atoms with Crippen molar-refractivity contribution in [3.63, 3.8) is 0 Å². The molecule has 1 fully saturated rings. The molecule has 0 aliphatic carbocycles. The summed E-state index contributed by atoms with van der Waals surface area (Å²) in [5.41, 5.74) is 0. The van der Waals surface area contributed by atoms with Gasteiger partial charge in [-0.25, -0.2) is 0 Å². The van der Waals surface area contributed by atoms with Gasteiger partial charge < -0.3 is 9.73 Å². The Balaban J connectivity index is 1.66. The highest BCUT2D eigenvalue weighted by atomic mass is 32.2. The van der Waals surface area contributed by atoms with Crippen molar-refractivity contribution in [1.82, 2.24) is 5.32 Å². The largest absolute Gasteiger partial charge is 0.464 e. The minimum absolute atomic E-state index is 0.232. The SMILES string of the molecule is FC(F)SCc1ccc(CNCC2CCCS2)o1. The standard InChI is InChI=1S/C12H17F2NOS2/c13-12(14)18-8-10-4-3-9(16-10)6-15-7-11-2-1-5-17-11/h3-4,11-12,15H,1-2,5-8H2. The maximum atomic E-state index is 12.0. The van der Waals surface area contributed by atoms with E-state index < -0.39 is 5.76 Å². The molecule has 2 nitrogen and oxygen atoms in total. The Labute approximate surface area is 114 Å². The maximum absolute atomic E-state index is 12.0. The van der Waals surface area contributed by atoms with Gasteiger partial charge >= 0.3 is 0 Å². The number of rotatable bonds is 7. The van der Waals surface area contributed by atoms with Gasteiger partial charge in [0.15, 0.2) is 0 Å². The second-order valence-corrected chi connectivity index (χ2v) is 6.59. The number of furan rings is 1. The molecule has 1 unspecified atom stereocenters. The van der Waals surface area contributed by atoms with Crippen molar-refractivity contribution >= 4 is 23.5 Å². The van der Waals surface area contributed by atoms with Crippen LogP contribution in [0.15, 0.2) is 16.5 Å². The fourth-order valence-electron chi connectivity index (χ4n) is 1.90. The van der Waals surface area contributed by atoms with Crippen molar-refractivity contribution in [3.05, 3.63) is 23.7 Å². The predicted octanol–water partition coefficient (Wildman–Crippen LogP) is 3.72. The first-order valence-electron chi connectivity index (χ1n) is 6.03. The molecule has 0 saturated carbocycles. The molecule has 102 valence electrons. The van der Waals surface area contributed by atoms with Gasteiger partial charge in [0.05, 0.1) is 12.3 Å². The van der Waals surface area contributed by atoms with Crippen LogP contribution in [0.25, 0.3) is 0 Å². The number of hydrogen-bond acceptors (Lipinski definition) is 4. The molecule has 1 N–H and O–H groups in total. The highest BCUT2D eigenvalue weighted by Gasteiger charge is 2.15. The lowest BCUT2D eigenvalue weighted by Crippen LogP contribution is -2.22. The molecule has 1 saturated heterocycles. The molecule has 0 spiro atoms. The van der Waals surface area contributed by atoms with E-state index in [1.54, 1.807) is 6.07 Å². The Morgan fingerprint density at radius 2 is 2.28 bits per heavy atom. The highest BCUT2D eigenvalue weighted by Crippen LogP contribution is 2.25. The molecule has 0 radical (unpaired) electrons. The van der Waals surface area contributed by atoms with Gasteiger partial charge in [-0.2, -0.15) is 20.5 Å². The van der Waals surface area contributed by atoms with Crippen molar-refractivity contribution in [2.45, 2.75) is 36.1 Å². The summed E-state index contributed by atoms with van der Waals surface area (Å²) in [6, 6.07) is 3.63. The van der Waals surface area contributed by atoms with Crippen LogP contribution in [0.3, 0.4) is 0 Å². The summed E-state index contributed by atoms with van der Waals surface area (Å²) in [5.74, 6) is 0.601. The van der Waals surface area contributed by atoms with Gasteiger partial charge in [-0.3, -0.25) is 0 Å². The van der Waals surface area contributed by atoms with Crippen LogP contribution >= 0.6 is 23.5 Å². The number of thioether (sulfide) groups is 2. The van der Waals surface area contributed by atoms with Gasteiger partial charge in [-0.15, -0.1) is 0 Å². The summed E-state index contributed by atoms with van der Waals surface area (Å²) in [4.78, 5) is 0. The summed E-state index contributed by atoms with van der Waals surface area (Å²) in [6.45, 7) is 1.67. The van der Waals surface area contributed by atoms with Crippen LogP contribution in [0.5, 0.6) is 0 Å². The molecular weight excluding hydrogens is 276 g/mol. The van der Waals surface area contributed by atoms with Gasteiger partial charge in [0.1, 0.15) is 11.5 Å². The monoisotopic (exact) mass is 293 g/mol. The molecule has 1 aromatic rings. The topological polar surface area (TPSA) is 25.2 Å². The highest BCUT2D eigenvalue weighted by molar-refractivity contribution is 8.00. The van der Waals surface area contributed by atoms with Gasteiger partial charge in [-0.05, 0) is 30.7 Å². The van der Waals surface area contributed by atoms with E-state index in [1.165, 1.54) is 18.6 Å². The van der Waals surface area contributed by atoms with E-state index in [-0.39, 0.29) is 5.75 Å². The number of halogens is 2. The second-order valence-electron chi connectivity index (χ2n) is 4.21. The Morgan fingerprint density at radius 3 is 3.00 bits per heavy atom. The predicted molar refractivity (Wildman–Crippen MR) is 73.2 cm³/mol. The number of alkyl halides is 2. The fourth-order valence-corrected chi connectivity index (χ4v) is 3.58. The summed E-state index contributed by atoms with van der Waals surface area (Å²) < 4.78 is 29.5. The molecule has 1 atom stereocenters. The van der Waals surface area contributed by atoms with Crippen molar-refractivity contribution < 1.29 is 13.2 Å². The Bertz CT molecular complexity index is 354. The lowest BCUT2D eigenvalue weighted by Gasteiger charge is -2.08. The fraction of sp³-hybridized carbons (Fsp3) is 0.667. The molecule has 2 heterocycles. The average Bonchev–Trinajstić information content (AvgIpc) is 2.97. The van der Waals surface area contributed by atoms with Gasteiger partial charge in [0.2, 0.25) is 0 Å². The quantitative estimate of drug-likeness (QED) is 0.828. The van der Waals surface area contributed by atoms with E-state index in [0.717, 1.165) is 12.3 Å². The van der Waals surface area contributed by atoms with Crippen LogP contribution in [-0.4, -0.2) is 23.3 Å². The third-order valence-electron chi connectivity index (χ3n) is 2.76. The molecule has 0 bridgehead atoms. The lowest BCUT2D eigenvalue weighted by molar-refractivity contribution is 0.251. The minimum atomic E-state index is -2.34. The van der Waals surface area contributed by atoms with Gasteiger partial charge in [0.25, 0.3) is 5.76 Å². The zero-order chi connectivity index (χ0) is 12.8. The summed E-state index contributed by atoms with van der Waals surface area (Å²) in [5, 5.41) is 4.07. The maximum Gasteiger partial charge on any atom is 0.284 e. The molecule has 1 aromatic heterocycles. The van der Waals surface area contributed by atoms with Crippen molar-refractivity contribution in [3.8, 4) is 0 Å². The molecule has 2 rings (SSSR count). The first kappa shape index (κ1) is 14.2. The van der Waals surface area contributed by atoms with E-state index in [2.05, 4.69) is 5.32 Å². The summed E-state index contributed by atoms with van der Waals surface area (Å²) >= 11 is 2.61. The molecule has 0 aromatic carbocycles. The second kappa shape index (κ2) is 7.40. The van der Waals surface area contributed by atoms with Crippen LogP contribution in [0.1, 0.15) is 24.4 Å². The summed E-state index contributed by atoms with van der Waals surface area (Å²) in [7, 11) is 0. The molecule has 0 amide bonds. The zero-order valence-corrected chi connectivity index (χ0v) is 11.7. The van der Waals surface area contributed by atoms with Crippen LogP contribution in [0.4, 0.5) is 8.78 Å². The molecular formula is C12H17F2NOS2. The zero-order valence-electron chi connectivity index (χ0n) is 10.0. The average molecular weight is 293 g/mol. The van der Waals surface area contributed by atoms with E-state index in [1.807, 2.05) is 17.8 Å². The third kappa shape index (κ3) is 4.82. The first-order valence-corrected chi connectivity index (χ1v) is 8.13. The normalized spacial score (nSPS) is 19.8. The molecule has 1 aliphatic rings. The van der Waals surface area contributed by atoms with Crippen molar-refractivity contribution in [1.29, 1.82) is 0 Å². The summed E-state index contributed by atoms with van der Waals surface area (Å²) in [6.07, 6.45) is 2.60. The Kier molecular flexibility index (Phi) is 5.85. The van der Waals surface area contributed by atoms with Crippen LogP contribution < -0.4 is 5.32 Å². The lowest BCUT2D eigenvalue weighted by atomic mass is 10.2. The van der Waals surface area contributed by atoms with Crippen LogP contribution in [0.2, 0.25) is 0 Å². The minimum Gasteiger partial charge on any atom is -0.464 e. The van der Waals surface area contributed by atoms with E-state index >= 15 is 0 Å². The number of hydrogen-bond donors (Lipinski definition) is 1. The van der Waals surface area contributed by atoms with Crippen molar-refractivity contribution in [2.75, 3.05) is 12.3 Å². The van der Waals surface area contributed by atoms with Crippen LogP contribution in [0, 0.1) is 0 Å². The molecule has 18 heavy (non-hydrogen) atoms. The van der Waals surface area contributed by atoms with Gasteiger partial charge in [-0.1, -0.05) is 11.8 Å². The van der Waals surface area contributed by atoms with Crippen LogP contribution in [-0.2, 0) is 12.3 Å². The van der Waals surface area contributed by atoms with Gasteiger partial charge in [0, 0.05) is 11.8 Å². The first-order chi connectivity index (χ1) is 8.74. The molecule has 1 aliphatic heterocycles. The Morgan fingerprint density at radius 1 is 1.44 bits per heavy atom. The third-order valence-corrected chi connectivity index (χ3v) is 4.87. The Hall–Kier alpha value is -0.200. The van der Waals surface area contributed by atoms with E-state index in [9.17, 15) is 8.78 Å². The van der Waals surface area contributed by atoms with E-state index in [4.69, 9.17) is 4.42 Å². The van der Waals surface area contributed by atoms with Crippen molar-refractivity contribution in [2.24, 2.45) is 0 Å². The van der Waals surface area contributed by atoms with E-state index in [0.29, 0.717) is 29.3 Å². The smallest absolute Gasteiger partial charge is 0.284 e. The molecule has 6 heteroatoms. The number of nitrogens with one attached hydrogen (secondary N) is 1.